The van der Waals surface area contributed by atoms with Gasteiger partial charge >= 0.3 is 6.09 Å². The van der Waals surface area contributed by atoms with E-state index in [4.69, 9.17) is 15.2 Å². The molecule has 0 radical (unpaired) electrons. The summed E-state index contributed by atoms with van der Waals surface area (Å²) < 4.78 is 9.82. The van der Waals surface area contributed by atoms with E-state index in [1.165, 1.54) is 6.07 Å². The highest BCUT2D eigenvalue weighted by atomic mass is 16.6. The third-order valence-electron chi connectivity index (χ3n) is 3.63. The van der Waals surface area contributed by atoms with Gasteiger partial charge in [-0.1, -0.05) is 30.3 Å². The predicted molar refractivity (Wildman–Crippen MR) is 92.5 cm³/mol. The van der Waals surface area contributed by atoms with Crippen LogP contribution in [0.4, 0.5) is 4.79 Å². The van der Waals surface area contributed by atoms with Gasteiger partial charge in [-0.15, -0.1) is 0 Å². The van der Waals surface area contributed by atoms with Crippen molar-refractivity contribution in [1.82, 2.24) is 0 Å². The van der Waals surface area contributed by atoms with E-state index in [-0.39, 0.29) is 11.5 Å². The number of hydrogen-bond donors (Lipinski definition) is 2. The molecule has 3 N–H and O–H groups in total. The fourth-order valence-electron chi connectivity index (χ4n) is 2.69. The van der Waals surface area contributed by atoms with E-state index in [2.05, 4.69) is 0 Å². The van der Waals surface area contributed by atoms with Gasteiger partial charge in [0, 0.05) is 18.9 Å². The SMILES string of the molecule is CC(C)(Cc1cccc(Cc2ccc(OC=O)cc2O)c1)OC(N)=O. The van der Waals surface area contributed by atoms with Crippen molar-refractivity contribution in [1.29, 1.82) is 0 Å². The molecule has 0 aromatic heterocycles. The summed E-state index contributed by atoms with van der Waals surface area (Å²) in [5.74, 6) is 0.345. The van der Waals surface area contributed by atoms with Crippen LogP contribution in [0.2, 0.25) is 0 Å². The minimum absolute atomic E-state index is 0.0575. The van der Waals surface area contributed by atoms with Gasteiger partial charge < -0.3 is 20.3 Å². The molecule has 2 aromatic carbocycles. The molecule has 6 nitrogen and oxygen atoms in total. The highest BCUT2D eigenvalue weighted by molar-refractivity contribution is 5.65. The topological polar surface area (TPSA) is 98.8 Å². The van der Waals surface area contributed by atoms with Crippen LogP contribution in [0.25, 0.3) is 0 Å². The van der Waals surface area contributed by atoms with E-state index in [0.29, 0.717) is 24.9 Å². The number of aromatic hydroxyl groups is 1. The number of nitrogens with two attached hydrogens (primary N) is 1. The normalized spacial score (nSPS) is 11.0. The Labute approximate surface area is 146 Å². The van der Waals surface area contributed by atoms with Gasteiger partial charge in [-0.05, 0) is 36.6 Å². The van der Waals surface area contributed by atoms with Crippen LogP contribution >= 0.6 is 0 Å². The number of amides is 1. The molecule has 0 spiro atoms. The van der Waals surface area contributed by atoms with Gasteiger partial charge in [0.2, 0.25) is 0 Å². The van der Waals surface area contributed by atoms with Gasteiger partial charge in [-0.25, -0.2) is 4.79 Å². The maximum absolute atomic E-state index is 11.0. The smallest absolute Gasteiger partial charge is 0.405 e. The van der Waals surface area contributed by atoms with Gasteiger partial charge in [0.05, 0.1) is 0 Å². The summed E-state index contributed by atoms with van der Waals surface area (Å²) >= 11 is 0. The summed E-state index contributed by atoms with van der Waals surface area (Å²) in [5.41, 5.74) is 7.08. The number of rotatable bonds is 7. The van der Waals surface area contributed by atoms with Crippen molar-refractivity contribution in [2.45, 2.75) is 32.3 Å². The Kier molecular flexibility index (Phi) is 5.64. The molecule has 0 fully saturated rings. The van der Waals surface area contributed by atoms with Crippen LogP contribution < -0.4 is 10.5 Å². The molecule has 0 aliphatic carbocycles. The first-order valence-electron chi connectivity index (χ1n) is 7.77. The lowest BCUT2D eigenvalue weighted by atomic mass is 9.95. The monoisotopic (exact) mass is 343 g/mol. The van der Waals surface area contributed by atoms with E-state index in [9.17, 15) is 14.7 Å². The first-order chi connectivity index (χ1) is 11.8. The summed E-state index contributed by atoms with van der Waals surface area (Å²) in [7, 11) is 0. The van der Waals surface area contributed by atoms with Crippen molar-refractivity contribution >= 4 is 12.6 Å². The molecule has 0 atom stereocenters. The zero-order valence-corrected chi connectivity index (χ0v) is 14.2. The van der Waals surface area contributed by atoms with Gasteiger partial charge in [0.25, 0.3) is 6.47 Å². The van der Waals surface area contributed by atoms with Crippen LogP contribution in [0.3, 0.4) is 0 Å². The second-order valence-electron chi connectivity index (χ2n) is 6.36. The molecular weight excluding hydrogens is 322 g/mol. The minimum atomic E-state index is -0.802. The van der Waals surface area contributed by atoms with E-state index in [1.54, 1.807) is 26.0 Å². The molecular formula is C19H21NO5. The Morgan fingerprint density at radius 1 is 1.20 bits per heavy atom. The number of phenolic OH excluding ortho intramolecular Hbond substituents is 1. The Balaban J connectivity index is 2.14. The zero-order valence-electron chi connectivity index (χ0n) is 14.2. The van der Waals surface area contributed by atoms with Crippen molar-refractivity contribution in [3.63, 3.8) is 0 Å². The Bertz CT molecular complexity index is 770. The van der Waals surface area contributed by atoms with Crippen molar-refractivity contribution in [2.75, 3.05) is 0 Å². The number of benzene rings is 2. The molecule has 1 amide bonds. The minimum Gasteiger partial charge on any atom is -0.508 e. The van der Waals surface area contributed by atoms with Crippen LogP contribution in [0.5, 0.6) is 11.5 Å². The summed E-state index contributed by atoms with van der Waals surface area (Å²) in [5, 5.41) is 10.1. The van der Waals surface area contributed by atoms with Crippen molar-refractivity contribution in [2.24, 2.45) is 5.73 Å². The second kappa shape index (κ2) is 7.70. The molecule has 0 aliphatic rings. The van der Waals surface area contributed by atoms with Crippen molar-refractivity contribution in [3.8, 4) is 11.5 Å². The molecule has 0 heterocycles. The lowest BCUT2D eigenvalue weighted by Gasteiger charge is -2.24. The van der Waals surface area contributed by atoms with Crippen LogP contribution in [0.15, 0.2) is 42.5 Å². The molecule has 0 aliphatic heterocycles. The van der Waals surface area contributed by atoms with E-state index < -0.39 is 11.7 Å². The van der Waals surface area contributed by atoms with Gasteiger partial charge in [0.1, 0.15) is 17.1 Å². The quantitative estimate of drug-likeness (QED) is 0.753. The number of primary amides is 1. The molecule has 0 unspecified atom stereocenters. The van der Waals surface area contributed by atoms with Gasteiger partial charge in [0.15, 0.2) is 0 Å². The van der Waals surface area contributed by atoms with Crippen LogP contribution in [-0.4, -0.2) is 23.3 Å². The Morgan fingerprint density at radius 3 is 2.56 bits per heavy atom. The lowest BCUT2D eigenvalue weighted by Crippen LogP contribution is -2.33. The van der Waals surface area contributed by atoms with Crippen LogP contribution in [0.1, 0.15) is 30.5 Å². The van der Waals surface area contributed by atoms with Crippen molar-refractivity contribution in [3.05, 3.63) is 59.2 Å². The highest BCUT2D eigenvalue weighted by Crippen LogP contribution is 2.26. The lowest BCUT2D eigenvalue weighted by molar-refractivity contribution is -0.120. The summed E-state index contributed by atoms with van der Waals surface area (Å²) in [6.07, 6.45) is 0.226. The van der Waals surface area contributed by atoms with Gasteiger partial charge in [-0.3, -0.25) is 4.79 Å². The maximum Gasteiger partial charge on any atom is 0.405 e. The van der Waals surface area contributed by atoms with Gasteiger partial charge in [-0.2, -0.15) is 0 Å². The molecule has 2 rings (SSSR count). The second-order valence-corrected chi connectivity index (χ2v) is 6.36. The number of phenols is 1. The standard InChI is InChI=1S/C19H21NO5/c1-19(2,25-18(20)23)11-14-5-3-4-13(8-14)9-15-6-7-16(24-12-21)10-17(15)22/h3-8,10,12,22H,9,11H2,1-2H3,(H2,20,23). The van der Waals surface area contributed by atoms with E-state index in [1.807, 2.05) is 24.3 Å². The Morgan fingerprint density at radius 2 is 1.92 bits per heavy atom. The number of hydrogen-bond acceptors (Lipinski definition) is 5. The number of carbonyl (C=O) groups is 2. The Hall–Kier alpha value is -3.02. The fourth-order valence-corrected chi connectivity index (χ4v) is 2.69. The molecule has 0 bridgehead atoms. The van der Waals surface area contributed by atoms with E-state index in [0.717, 1.165) is 11.1 Å². The molecule has 0 saturated carbocycles. The highest BCUT2D eigenvalue weighted by Gasteiger charge is 2.22. The molecule has 2 aromatic rings. The summed E-state index contributed by atoms with van der Waals surface area (Å²) in [6, 6.07) is 12.5. The third kappa shape index (κ3) is 5.53. The summed E-state index contributed by atoms with van der Waals surface area (Å²) in [6.45, 7) is 3.90. The third-order valence-corrected chi connectivity index (χ3v) is 3.63. The average Bonchev–Trinajstić information content (AvgIpc) is 2.49. The maximum atomic E-state index is 11.0. The van der Waals surface area contributed by atoms with Crippen LogP contribution in [0, 0.1) is 0 Å². The first kappa shape index (κ1) is 18.3. The summed E-state index contributed by atoms with van der Waals surface area (Å²) in [4.78, 5) is 21.3. The molecule has 132 valence electrons. The first-order valence-corrected chi connectivity index (χ1v) is 7.77. The largest absolute Gasteiger partial charge is 0.508 e. The van der Waals surface area contributed by atoms with E-state index >= 15 is 0 Å². The number of carbonyl (C=O) groups excluding carboxylic acids is 2. The number of ether oxygens (including phenoxy) is 2. The average molecular weight is 343 g/mol. The van der Waals surface area contributed by atoms with Crippen LogP contribution in [-0.2, 0) is 22.4 Å². The fraction of sp³-hybridized carbons (Fsp3) is 0.263. The molecule has 0 saturated heterocycles. The zero-order chi connectivity index (χ0) is 18.4. The molecule has 25 heavy (non-hydrogen) atoms. The predicted octanol–water partition coefficient (Wildman–Crippen LogP) is 2.93. The molecule has 6 heteroatoms. The van der Waals surface area contributed by atoms with Crippen molar-refractivity contribution < 1.29 is 24.2 Å².